The van der Waals surface area contributed by atoms with E-state index < -0.39 is 9.84 Å². The Morgan fingerprint density at radius 2 is 1.91 bits per heavy atom. The molecule has 8 nitrogen and oxygen atoms in total. The molecule has 1 unspecified atom stereocenters. The highest BCUT2D eigenvalue weighted by atomic mass is 35.5. The summed E-state index contributed by atoms with van der Waals surface area (Å²) < 4.78 is 27.9. The maximum absolute atomic E-state index is 13.1. The first kappa shape index (κ1) is 23.3. The number of amides is 1. The number of carbonyl (C=O) groups is 1. The largest absolute Gasteiger partial charge is 0.372 e. The first-order valence-electron chi connectivity index (χ1n) is 10.8. The number of halogens is 1. The number of hydrogen-bond acceptors (Lipinski definition) is 8. The van der Waals surface area contributed by atoms with Crippen molar-refractivity contribution in [2.24, 2.45) is 0 Å². The van der Waals surface area contributed by atoms with E-state index in [1.807, 2.05) is 4.90 Å². The monoisotopic (exact) mass is 497 g/mol. The lowest BCUT2D eigenvalue weighted by molar-refractivity contribution is -0.130. The Morgan fingerprint density at radius 1 is 1.19 bits per heavy atom. The van der Waals surface area contributed by atoms with Gasteiger partial charge in [-0.2, -0.15) is 4.37 Å². The van der Waals surface area contributed by atoms with E-state index in [4.69, 9.17) is 11.6 Å². The molecule has 2 aliphatic rings. The van der Waals surface area contributed by atoms with E-state index in [-0.39, 0.29) is 22.9 Å². The maximum atomic E-state index is 13.1. The van der Waals surface area contributed by atoms with Crippen molar-refractivity contribution < 1.29 is 13.2 Å². The molecule has 0 radical (unpaired) electrons. The van der Waals surface area contributed by atoms with Gasteiger partial charge in [0.05, 0.1) is 15.6 Å². The van der Waals surface area contributed by atoms with Crippen LogP contribution >= 0.6 is 23.1 Å². The number of piperidine rings is 1. The van der Waals surface area contributed by atoms with E-state index >= 15 is 0 Å². The number of benzene rings is 1. The maximum Gasteiger partial charge on any atom is 0.245 e. The minimum Gasteiger partial charge on any atom is -0.372 e. The predicted molar refractivity (Wildman–Crippen MR) is 128 cm³/mol. The molecule has 0 bridgehead atoms. The molecule has 2 aromatic rings. The number of hydrogen-bond donors (Lipinski definition) is 1. The normalized spacial score (nSPS) is 20.4. The molecule has 2 saturated heterocycles. The number of aromatic nitrogens is 2. The van der Waals surface area contributed by atoms with Gasteiger partial charge in [-0.1, -0.05) is 25.4 Å². The molecule has 4 rings (SSSR count). The highest BCUT2D eigenvalue weighted by molar-refractivity contribution is 7.90. The van der Waals surface area contributed by atoms with Gasteiger partial charge >= 0.3 is 0 Å². The molecule has 174 valence electrons. The molecule has 1 aromatic heterocycles. The zero-order chi connectivity index (χ0) is 23.0. The molecule has 32 heavy (non-hydrogen) atoms. The summed E-state index contributed by atoms with van der Waals surface area (Å²) in [6.45, 7) is 6.61. The van der Waals surface area contributed by atoms with Gasteiger partial charge < -0.3 is 15.1 Å². The number of sulfone groups is 1. The third kappa shape index (κ3) is 4.87. The molecule has 2 fully saturated rings. The van der Waals surface area contributed by atoms with Gasteiger partial charge in [-0.05, 0) is 37.5 Å². The van der Waals surface area contributed by atoms with Gasteiger partial charge in [0.25, 0.3) is 0 Å². The molecule has 1 N–H and O–H groups in total. The molecular weight excluding hydrogens is 470 g/mol. The number of nitrogens with one attached hydrogen (secondary N) is 1. The van der Waals surface area contributed by atoms with Crippen molar-refractivity contribution in [2.75, 3.05) is 36.1 Å². The highest BCUT2D eigenvalue weighted by Crippen LogP contribution is 2.31. The average molecular weight is 498 g/mol. The molecule has 3 heterocycles. The van der Waals surface area contributed by atoms with Crippen LogP contribution in [0.15, 0.2) is 23.1 Å². The van der Waals surface area contributed by atoms with Crippen LogP contribution in [0.3, 0.4) is 0 Å². The molecule has 0 aliphatic carbocycles. The van der Waals surface area contributed by atoms with Gasteiger partial charge in [-0.3, -0.25) is 4.79 Å². The molecule has 1 amide bonds. The minimum absolute atomic E-state index is 0.0738. The minimum atomic E-state index is -3.33. The Kier molecular flexibility index (Phi) is 6.65. The Labute approximate surface area is 198 Å². The summed E-state index contributed by atoms with van der Waals surface area (Å²) in [7, 11) is -3.33. The molecular formula is C21H28ClN5O3S2. The lowest BCUT2D eigenvalue weighted by atomic mass is 10.0. The zero-order valence-corrected chi connectivity index (χ0v) is 20.8. The first-order chi connectivity index (χ1) is 15.1. The van der Waals surface area contributed by atoms with Gasteiger partial charge in [0.1, 0.15) is 11.9 Å². The van der Waals surface area contributed by atoms with Crippen molar-refractivity contribution in [1.82, 2.24) is 14.3 Å². The van der Waals surface area contributed by atoms with E-state index in [1.54, 1.807) is 6.07 Å². The Morgan fingerprint density at radius 3 is 2.50 bits per heavy atom. The standard InChI is InChI=1S/C21H28ClN5O3S2/c1-13(2)19-24-21(31-25-19)26-9-6-14(7-10-26)27-11-8-18(20(27)28)23-17-5-4-15(12-16(17)22)32(3,29)30/h4-5,12-14,18,23H,6-11H2,1-3H3. The average Bonchev–Trinajstić information content (AvgIpc) is 3.37. The van der Waals surface area contributed by atoms with Crippen LogP contribution in [-0.2, 0) is 14.6 Å². The fourth-order valence-electron chi connectivity index (χ4n) is 4.19. The molecule has 2 aliphatic heterocycles. The van der Waals surface area contributed by atoms with E-state index in [9.17, 15) is 13.2 Å². The molecule has 11 heteroatoms. The summed E-state index contributed by atoms with van der Waals surface area (Å²) in [4.78, 5) is 22.1. The lowest BCUT2D eigenvalue weighted by Gasteiger charge is -2.36. The summed E-state index contributed by atoms with van der Waals surface area (Å²) in [5.41, 5.74) is 0.575. The zero-order valence-electron chi connectivity index (χ0n) is 18.4. The van der Waals surface area contributed by atoms with Crippen LogP contribution in [-0.4, -0.2) is 66.6 Å². The second-order valence-corrected chi connectivity index (χ2v) is 11.9. The van der Waals surface area contributed by atoms with Crippen LogP contribution in [0.1, 0.15) is 44.9 Å². The Balaban J connectivity index is 1.35. The highest BCUT2D eigenvalue weighted by Gasteiger charge is 2.37. The fraction of sp³-hybridized carbons (Fsp3) is 0.571. The van der Waals surface area contributed by atoms with Crippen molar-refractivity contribution in [1.29, 1.82) is 0 Å². The van der Waals surface area contributed by atoms with Crippen LogP contribution in [0.2, 0.25) is 5.02 Å². The van der Waals surface area contributed by atoms with Crippen molar-refractivity contribution in [2.45, 2.75) is 56.0 Å². The summed E-state index contributed by atoms with van der Waals surface area (Å²) in [5.74, 6) is 1.28. The van der Waals surface area contributed by atoms with Gasteiger partial charge in [0.15, 0.2) is 9.84 Å². The number of anilines is 2. The van der Waals surface area contributed by atoms with Gasteiger partial charge in [-0.25, -0.2) is 13.4 Å². The number of carbonyl (C=O) groups excluding carboxylic acids is 1. The number of rotatable bonds is 6. The van der Waals surface area contributed by atoms with Gasteiger partial charge in [0, 0.05) is 49.4 Å². The molecule has 0 spiro atoms. The van der Waals surface area contributed by atoms with Crippen molar-refractivity contribution in [3.05, 3.63) is 29.0 Å². The second kappa shape index (κ2) is 9.15. The van der Waals surface area contributed by atoms with E-state index in [1.165, 1.54) is 23.7 Å². The third-order valence-corrected chi connectivity index (χ3v) is 8.28. The Bertz CT molecular complexity index is 1100. The quantitative estimate of drug-likeness (QED) is 0.653. The van der Waals surface area contributed by atoms with Crippen LogP contribution < -0.4 is 10.2 Å². The van der Waals surface area contributed by atoms with Crippen LogP contribution in [0.5, 0.6) is 0 Å². The predicted octanol–water partition coefficient (Wildman–Crippen LogP) is 3.40. The SMILES string of the molecule is CC(C)c1nsc(N2CCC(N3CCC(Nc4ccc(S(C)(=O)=O)cc4Cl)C3=O)CC2)n1. The number of likely N-dealkylation sites (tertiary alicyclic amines) is 1. The first-order valence-corrected chi connectivity index (χ1v) is 13.8. The summed E-state index contributed by atoms with van der Waals surface area (Å²) in [5, 5.41) is 4.47. The smallest absolute Gasteiger partial charge is 0.245 e. The van der Waals surface area contributed by atoms with E-state index in [2.05, 4.69) is 33.4 Å². The van der Waals surface area contributed by atoms with Crippen LogP contribution in [0.4, 0.5) is 10.8 Å². The second-order valence-electron chi connectivity index (χ2n) is 8.74. The van der Waals surface area contributed by atoms with Crippen molar-refractivity contribution in [3.8, 4) is 0 Å². The third-order valence-electron chi connectivity index (χ3n) is 6.06. The van der Waals surface area contributed by atoms with E-state index in [0.717, 1.165) is 43.1 Å². The Hall–Kier alpha value is -1.91. The fourth-order valence-corrected chi connectivity index (χ4v) is 5.99. The summed E-state index contributed by atoms with van der Waals surface area (Å²) >= 11 is 7.72. The van der Waals surface area contributed by atoms with Crippen molar-refractivity contribution >= 4 is 49.7 Å². The summed E-state index contributed by atoms with van der Waals surface area (Å²) in [6.07, 6.45) is 3.64. The van der Waals surface area contributed by atoms with Gasteiger partial charge in [-0.15, -0.1) is 0 Å². The van der Waals surface area contributed by atoms with E-state index in [0.29, 0.717) is 29.6 Å². The molecule has 1 aromatic carbocycles. The summed E-state index contributed by atoms with van der Waals surface area (Å²) in [6, 6.07) is 4.41. The lowest BCUT2D eigenvalue weighted by Crippen LogP contribution is -2.47. The van der Waals surface area contributed by atoms with Crippen LogP contribution in [0, 0.1) is 0 Å². The molecule has 1 atom stereocenters. The van der Waals surface area contributed by atoms with Crippen LogP contribution in [0.25, 0.3) is 0 Å². The molecule has 0 saturated carbocycles. The van der Waals surface area contributed by atoms with Crippen molar-refractivity contribution in [3.63, 3.8) is 0 Å². The van der Waals surface area contributed by atoms with Gasteiger partial charge in [0.2, 0.25) is 11.0 Å². The number of nitrogens with zero attached hydrogens (tertiary/aromatic N) is 4. The topological polar surface area (TPSA) is 95.5 Å².